The molecule has 0 aromatic heterocycles. The quantitative estimate of drug-likeness (QED) is 0.752. The fraction of sp³-hybridized carbons (Fsp3) is 0.923. The van der Waals surface area contributed by atoms with Crippen molar-refractivity contribution in [1.29, 1.82) is 0 Å². The molecule has 3 N–H and O–H groups in total. The van der Waals surface area contributed by atoms with E-state index >= 15 is 0 Å². The summed E-state index contributed by atoms with van der Waals surface area (Å²) < 4.78 is 11.4. The van der Waals surface area contributed by atoms with Crippen LogP contribution in [0, 0.1) is 0 Å². The van der Waals surface area contributed by atoms with Crippen molar-refractivity contribution in [2.24, 2.45) is 5.73 Å². The van der Waals surface area contributed by atoms with Crippen molar-refractivity contribution >= 4 is 16.7 Å². The number of carbonyl (C=O) groups excluding carboxylic acids is 1. The van der Waals surface area contributed by atoms with Gasteiger partial charge in [-0.2, -0.15) is 0 Å². The van der Waals surface area contributed by atoms with Gasteiger partial charge in [0.25, 0.3) is 0 Å². The molecule has 19 heavy (non-hydrogen) atoms. The van der Waals surface area contributed by atoms with Gasteiger partial charge in [0.05, 0.1) is 5.54 Å². The minimum absolute atomic E-state index is 0.232. The third-order valence-electron chi connectivity index (χ3n) is 4.25. The van der Waals surface area contributed by atoms with Crippen molar-refractivity contribution in [2.75, 3.05) is 24.6 Å². The van der Waals surface area contributed by atoms with Crippen LogP contribution in [0.3, 0.4) is 0 Å². The number of nitrogens with two attached hydrogens (primary N) is 1. The predicted octanol–water partition coefficient (Wildman–Crippen LogP) is -0.175. The lowest BCUT2D eigenvalue weighted by Crippen LogP contribution is -2.57. The molecule has 2 aliphatic rings. The normalized spacial score (nSPS) is 33.9. The smallest absolute Gasteiger partial charge is 0.237 e. The van der Waals surface area contributed by atoms with Gasteiger partial charge < -0.3 is 11.1 Å². The second-order valence-corrected chi connectivity index (χ2v) is 7.72. The van der Waals surface area contributed by atoms with Gasteiger partial charge in [-0.05, 0) is 33.1 Å². The molecule has 0 bridgehead atoms. The number of primary amides is 1. The number of rotatable bonds is 4. The molecule has 1 saturated heterocycles. The van der Waals surface area contributed by atoms with Gasteiger partial charge in [-0.15, -0.1) is 0 Å². The molecule has 0 aromatic carbocycles. The van der Waals surface area contributed by atoms with E-state index in [2.05, 4.69) is 10.2 Å². The highest BCUT2D eigenvalue weighted by Gasteiger charge is 2.46. The second-order valence-electron chi connectivity index (χ2n) is 6.03. The fourth-order valence-corrected chi connectivity index (χ4v) is 4.41. The molecule has 6 heteroatoms. The summed E-state index contributed by atoms with van der Waals surface area (Å²) >= 11 is 0. The monoisotopic (exact) mass is 287 g/mol. The minimum Gasteiger partial charge on any atom is -0.368 e. The highest BCUT2D eigenvalue weighted by atomic mass is 32.2. The number of hydrogen-bond acceptors (Lipinski definition) is 4. The zero-order chi connectivity index (χ0) is 14.0. The molecular formula is C13H25N3O2S. The molecule has 0 radical (unpaired) electrons. The summed E-state index contributed by atoms with van der Waals surface area (Å²) in [5.74, 6) is 1.29. The second kappa shape index (κ2) is 5.89. The molecular weight excluding hydrogens is 262 g/mol. The van der Waals surface area contributed by atoms with E-state index in [9.17, 15) is 9.00 Å². The number of nitrogens with one attached hydrogen (secondary N) is 1. The molecule has 0 spiro atoms. The first-order valence-corrected chi connectivity index (χ1v) is 8.58. The van der Waals surface area contributed by atoms with Crippen molar-refractivity contribution in [2.45, 2.75) is 50.7 Å². The van der Waals surface area contributed by atoms with Crippen LogP contribution < -0.4 is 11.1 Å². The van der Waals surface area contributed by atoms with Crippen LogP contribution in [0.2, 0.25) is 0 Å². The Hall–Kier alpha value is -0.460. The summed E-state index contributed by atoms with van der Waals surface area (Å²) in [6.45, 7) is 5.85. The molecule has 2 atom stereocenters. The van der Waals surface area contributed by atoms with Crippen LogP contribution in [0.25, 0.3) is 0 Å². The molecule has 2 fully saturated rings. The van der Waals surface area contributed by atoms with Crippen LogP contribution in [0.1, 0.15) is 33.1 Å². The largest absolute Gasteiger partial charge is 0.368 e. The van der Waals surface area contributed by atoms with Gasteiger partial charge in [0.1, 0.15) is 0 Å². The summed E-state index contributed by atoms with van der Waals surface area (Å²) in [4.78, 5) is 14.2. The number of hydrogen-bond donors (Lipinski definition) is 2. The van der Waals surface area contributed by atoms with E-state index in [4.69, 9.17) is 5.73 Å². The molecule has 2 rings (SSSR count). The maximum absolute atomic E-state index is 11.8. The van der Waals surface area contributed by atoms with Gasteiger partial charge in [0.2, 0.25) is 5.91 Å². The van der Waals surface area contributed by atoms with E-state index in [0.717, 1.165) is 43.9 Å². The maximum Gasteiger partial charge on any atom is 0.237 e. The van der Waals surface area contributed by atoms with Gasteiger partial charge in [-0.3, -0.25) is 13.9 Å². The molecule has 110 valence electrons. The van der Waals surface area contributed by atoms with Crippen molar-refractivity contribution in [3.63, 3.8) is 0 Å². The number of amides is 1. The lowest BCUT2D eigenvalue weighted by Gasteiger charge is -2.34. The van der Waals surface area contributed by atoms with Gasteiger partial charge >= 0.3 is 0 Å². The van der Waals surface area contributed by atoms with Crippen molar-refractivity contribution in [3.8, 4) is 0 Å². The molecule has 0 aromatic rings. The Balaban J connectivity index is 2.00. The van der Waals surface area contributed by atoms with Crippen molar-refractivity contribution in [1.82, 2.24) is 10.2 Å². The summed E-state index contributed by atoms with van der Waals surface area (Å²) in [7, 11) is -0.647. The van der Waals surface area contributed by atoms with Crippen LogP contribution in [0.5, 0.6) is 0 Å². The third-order valence-corrected chi connectivity index (χ3v) is 5.53. The Morgan fingerprint density at radius 1 is 1.42 bits per heavy atom. The first-order chi connectivity index (χ1) is 8.93. The first kappa shape index (κ1) is 14.9. The first-order valence-electron chi connectivity index (χ1n) is 7.09. The molecule has 1 aliphatic carbocycles. The lowest BCUT2D eigenvalue weighted by molar-refractivity contribution is -0.124. The van der Waals surface area contributed by atoms with Gasteiger partial charge in [0.15, 0.2) is 0 Å². The van der Waals surface area contributed by atoms with Gasteiger partial charge in [-0.1, -0.05) is 0 Å². The Morgan fingerprint density at radius 2 is 2.05 bits per heavy atom. The van der Waals surface area contributed by atoms with Crippen LogP contribution in [0.15, 0.2) is 0 Å². The van der Waals surface area contributed by atoms with Crippen LogP contribution in [0.4, 0.5) is 0 Å². The van der Waals surface area contributed by atoms with Crippen molar-refractivity contribution in [3.05, 3.63) is 0 Å². The molecule has 2 unspecified atom stereocenters. The number of nitrogens with zero attached hydrogens (tertiary/aromatic N) is 1. The average molecular weight is 287 g/mol. The van der Waals surface area contributed by atoms with Crippen LogP contribution in [-0.2, 0) is 15.6 Å². The van der Waals surface area contributed by atoms with Crippen molar-refractivity contribution < 1.29 is 9.00 Å². The molecule has 5 nitrogen and oxygen atoms in total. The van der Waals surface area contributed by atoms with Gasteiger partial charge in [0, 0.05) is 47.5 Å². The van der Waals surface area contributed by atoms with E-state index in [1.165, 1.54) is 0 Å². The molecule has 1 amide bonds. The zero-order valence-corrected chi connectivity index (χ0v) is 12.7. The van der Waals surface area contributed by atoms with Crippen LogP contribution in [-0.4, -0.2) is 57.2 Å². The topological polar surface area (TPSA) is 75.4 Å². The van der Waals surface area contributed by atoms with E-state index in [1.54, 1.807) is 0 Å². The summed E-state index contributed by atoms with van der Waals surface area (Å²) in [6.07, 6.45) is 2.59. The average Bonchev–Trinajstić information content (AvgIpc) is 2.74. The van der Waals surface area contributed by atoms with E-state index in [1.807, 2.05) is 13.8 Å². The Bertz CT molecular complexity index is 365. The fourth-order valence-electron chi connectivity index (χ4n) is 3.33. The van der Waals surface area contributed by atoms with E-state index in [-0.39, 0.29) is 11.9 Å². The predicted molar refractivity (Wildman–Crippen MR) is 77.3 cm³/mol. The Kier molecular flexibility index (Phi) is 4.63. The molecule has 1 heterocycles. The minimum atomic E-state index is -0.647. The summed E-state index contributed by atoms with van der Waals surface area (Å²) in [5, 5.41) is 3.37. The van der Waals surface area contributed by atoms with E-state index in [0.29, 0.717) is 6.04 Å². The summed E-state index contributed by atoms with van der Waals surface area (Å²) in [5.41, 5.74) is 5.08. The zero-order valence-electron chi connectivity index (χ0n) is 11.9. The van der Waals surface area contributed by atoms with Gasteiger partial charge in [-0.25, -0.2) is 0 Å². The lowest BCUT2D eigenvalue weighted by atomic mass is 9.95. The highest BCUT2D eigenvalue weighted by molar-refractivity contribution is 7.85. The molecule has 1 aliphatic heterocycles. The SMILES string of the molecule is CC(C)NC1(C(N)=O)CCC(N2CCS(=O)CC2)C1. The maximum atomic E-state index is 11.8. The van der Waals surface area contributed by atoms with E-state index < -0.39 is 16.3 Å². The highest BCUT2D eigenvalue weighted by Crippen LogP contribution is 2.34. The molecule has 1 saturated carbocycles. The summed E-state index contributed by atoms with van der Waals surface area (Å²) in [6, 6.07) is 0.649. The third kappa shape index (κ3) is 3.35. The van der Waals surface area contributed by atoms with Crippen LogP contribution >= 0.6 is 0 Å². The number of carbonyl (C=O) groups is 1. The Labute approximate surface area is 117 Å². The standard InChI is InChI=1S/C13H25N3O2S/c1-10(2)15-13(12(14)17)4-3-11(9-13)16-5-7-19(18)8-6-16/h10-11,15H,3-9H2,1-2H3,(H2,14,17). The Morgan fingerprint density at radius 3 is 2.58 bits per heavy atom.